The van der Waals surface area contributed by atoms with Crippen molar-refractivity contribution in [3.63, 3.8) is 0 Å². The van der Waals surface area contributed by atoms with E-state index in [4.69, 9.17) is 4.74 Å². The van der Waals surface area contributed by atoms with Gasteiger partial charge in [0.15, 0.2) is 0 Å². The van der Waals surface area contributed by atoms with Crippen LogP contribution in [0.2, 0.25) is 0 Å². The minimum atomic E-state index is -4.54. The molecule has 0 radical (unpaired) electrons. The molecule has 7 nitrogen and oxygen atoms in total. The Morgan fingerprint density at radius 2 is 1.46 bits per heavy atom. The van der Waals surface area contributed by atoms with Gasteiger partial charge in [-0.2, -0.15) is 13.2 Å². The van der Waals surface area contributed by atoms with Crippen molar-refractivity contribution in [3.05, 3.63) is 102 Å². The van der Waals surface area contributed by atoms with Gasteiger partial charge in [-0.25, -0.2) is 4.79 Å². The number of hydrogen-bond donors (Lipinski definition) is 3. The lowest BCUT2D eigenvalue weighted by Gasteiger charge is -2.18. The van der Waals surface area contributed by atoms with Crippen LogP contribution in [0.4, 0.5) is 23.7 Å². The van der Waals surface area contributed by atoms with E-state index in [1.165, 1.54) is 18.2 Å². The highest BCUT2D eigenvalue weighted by Crippen LogP contribution is 2.32. The summed E-state index contributed by atoms with van der Waals surface area (Å²) in [5.74, 6) is -0.960. The van der Waals surface area contributed by atoms with E-state index in [1.54, 1.807) is 24.3 Å². The van der Waals surface area contributed by atoms with Crippen LogP contribution in [-0.2, 0) is 33.5 Å². The van der Waals surface area contributed by atoms with Gasteiger partial charge >= 0.3 is 12.3 Å². The number of carbonyl (C=O) groups excluding carboxylic acids is 3. The Kier molecular flexibility index (Phi) is 10.9. The minimum Gasteiger partial charge on any atom is -0.445 e. The average Bonchev–Trinajstić information content (AvgIpc) is 2.92. The van der Waals surface area contributed by atoms with Crippen LogP contribution < -0.4 is 16.0 Å². The third-order valence-electron chi connectivity index (χ3n) is 5.78. The summed E-state index contributed by atoms with van der Waals surface area (Å²) in [4.78, 5) is 37.5. The number of amides is 3. The number of anilines is 1. The number of alkyl carbamates (subject to hydrolysis) is 1. The Balaban J connectivity index is 1.49. The molecule has 1 atom stereocenters. The number of nitrogens with one attached hydrogen (secondary N) is 3. The van der Waals surface area contributed by atoms with Crippen LogP contribution in [0.1, 0.15) is 36.0 Å². The summed E-state index contributed by atoms with van der Waals surface area (Å²) in [6, 6.07) is 21.9. The molecule has 206 valence electrons. The fourth-order valence-electron chi connectivity index (χ4n) is 3.81. The Morgan fingerprint density at radius 3 is 2.15 bits per heavy atom. The van der Waals surface area contributed by atoms with Crippen LogP contribution in [0.5, 0.6) is 0 Å². The fraction of sp³-hybridized carbons (Fsp3) is 0.276. The topological polar surface area (TPSA) is 96.5 Å². The van der Waals surface area contributed by atoms with E-state index < -0.39 is 42.1 Å². The van der Waals surface area contributed by atoms with Gasteiger partial charge in [0.2, 0.25) is 11.8 Å². The number of halogens is 3. The Morgan fingerprint density at radius 1 is 0.821 bits per heavy atom. The molecular weight excluding hydrogens is 511 g/mol. The van der Waals surface area contributed by atoms with Crippen molar-refractivity contribution >= 4 is 23.6 Å². The second kappa shape index (κ2) is 14.6. The van der Waals surface area contributed by atoms with Gasteiger partial charge in [-0.05, 0) is 48.6 Å². The summed E-state index contributed by atoms with van der Waals surface area (Å²) < 4.78 is 44.7. The average molecular weight is 542 g/mol. The maximum atomic E-state index is 13.2. The van der Waals surface area contributed by atoms with Crippen LogP contribution in [0.15, 0.2) is 84.9 Å². The quantitative estimate of drug-likeness (QED) is 0.265. The number of unbranched alkanes of at least 4 members (excludes halogenated alkanes) is 1. The Hall–Kier alpha value is -4.34. The SMILES string of the molecule is O=C(Cc1ccccc1C(F)(F)F)NCCCC[C@H](NC(=O)OCc1ccccc1)C(=O)Nc1ccccc1. The number of rotatable bonds is 12. The highest BCUT2D eigenvalue weighted by atomic mass is 19.4. The molecule has 0 fully saturated rings. The standard InChI is InChI=1S/C29H30F3N3O4/c30-29(31,32)24-16-8-7-13-22(24)19-26(36)33-18-10-9-17-25(27(37)34-23-14-5-2-6-15-23)35-28(38)39-20-21-11-3-1-4-12-21/h1-8,11-16,25H,9-10,17-20H2,(H,33,36)(H,34,37)(H,35,38)/t25-/m0/s1. The van der Waals surface area contributed by atoms with Crippen molar-refractivity contribution in [3.8, 4) is 0 Å². The van der Waals surface area contributed by atoms with Gasteiger partial charge in [0, 0.05) is 12.2 Å². The molecule has 0 spiro atoms. The lowest BCUT2D eigenvalue weighted by molar-refractivity contribution is -0.138. The first-order valence-corrected chi connectivity index (χ1v) is 12.5. The first-order valence-electron chi connectivity index (χ1n) is 12.5. The van der Waals surface area contributed by atoms with Gasteiger partial charge in [-0.3, -0.25) is 9.59 Å². The van der Waals surface area contributed by atoms with E-state index in [9.17, 15) is 27.6 Å². The predicted molar refractivity (Wildman–Crippen MR) is 141 cm³/mol. The van der Waals surface area contributed by atoms with E-state index in [-0.39, 0.29) is 25.1 Å². The second-order valence-electron chi connectivity index (χ2n) is 8.79. The molecule has 3 aromatic carbocycles. The molecule has 0 aliphatic heterocycles. The lowest BCUT2D eigenvalue weighted by Crippen LogP contribution is -2.44. The number of carbonyl (C=O) groups is 3. The zero-order valence-corrected chi connectivity index (χ0v) is 21.2. The molecule has 0 unspecified atom stereocenters. The maximum absolute atomic E-state index is 13.2. The number of hydrogen-bond acceptors (Lipinski definition) is 4. The number of benzene rings is 3. The van der Waals surface area contributed by atoms with Crippen molar-refractivity contribution in [2.24, 2.45) is 0 Å². The molecule has 0 aliphatic carbocycles. The zero-order chi connectivity index (χ0) is 28.1. The van der Waals surface area contributed by atoms with Crippen molar-refractivity contribution in [2.75, 3.05) is 11.9 Å². The molecule has 0 aliphatic rings. The highest BCUT2D eigenvalue weighted by Gasteiger charge is 2.33. The first kappa shape index (κ1) is 29.2. The van der Waals surface area contributed by atoms with Gasteiger partial charge in [-0.1, -0.05) is 66.7 Å². The Bertz CT molecular complexity index is 1220. The van der Waals surface area contributed by atoms with Gasteiger partial charge in [-0.15, -0.1) is 0 Å². The van der Waals surface area contributed by atoms with Crippen LogP contribution in [0, 0.1) is 0 Å². The molecule has 39 heavy (non-hydrogen) atoms. The summed E-state index contributed by atoms with van der Waals surface area (Å²) in [5.41, 5.74) is 0.431. The fourth-order valence-corrected chi connectivity index (χ4v) is 3.81. The van der Waals surface area contributed by atoms with Crippen LogP contribution in [0.3, 0.4) is 0 Å². The molecular formula is C29H30F3N3O4. The molecule has 10 heteroatoms. The van der Waals surface area contributed by atoms with Gasteiger partial charge in [0.25, 0.3) is 0 Å². The minimum absolute atomic E-state index is 0.0448. The van der Waals surface area contributed by atoms with Gasteiger partial charge < -0.3 is 20.7 Å². The normalized spacial score (nSPS) is 11.8. The number of alkyl halides is 3. The first-order chi connectivity index (χ1) is 18.7. The van der Waals surface area contributed by atoms with Crippen molar-refractivity contribution < 1.29 is 32.3 Å². The Labute approximate surface area is 224 Å². The molecule has 0 heterocycles. The van der Waals surface area contributed by atoms with Crippen molar-refractivity contribution in [2.45, 2.75) is 44.5 Å². The van der Waals surface area contributed by atoms with Crippen LogP contribution >= 0.6 is 0 Å². The van der Waals surface area contributed by atoms with Crippen molar-refractivity contribution in [1.29, 1.82) is 0 Å². The largest absolute Gasteiger partial charge is 0.445 e. The molecule has 3 N–H and O–H groups in total. The van der Waals surface area contributed by atoms with Gasteiger partial charge in [0.05, 0.1) is 12.0 Å². The lowest BCUT2D eigenvalue weighted by atomic mass is 10.0. The predicted octanol–water partition coefficient (Wildman–Crippen LogP) is 5.47. The molecule has 0 saturated heterocycles. The van der Waals surface area contributed by atoms with E-state index in [1.807, 2.05) is 36.4 Å². The monoisotopic (exact) mass is 541 g/mol. The van der Waals surface area contributed by atoms with Crippen LogP contribution in [-0.4, -0.2) is 30.5 Å². The summed E-state index contributed by atoms with van der Waals surface area (Å²) >= 11 is 0. The van der Waals surface area contributed by atoms with E-state index in [2.05, 4.69) is 16.0 Å². The molecule has 3 aromatic rings. The van der Waals surface area contributed by atoms with E-state index in [0.717, 1.165) is 11.6 Å². The zero-order valence-electron chi connectivity index (χ0n) is 21.2. The number of para-hydroxylation sites is 1. The van der Waals surface area contributed by atoms with Gasteiger partial charge in [0.1, 0.15) is 12.6 Å². The highest BCUT2D eigenvalue weighted by molar-refractivity contribution is 5.96. The molecule has 0 aromatic heterocycles. The maximum Gasteiger partial charge on any atom is 0.416 e. The molecule has 0 saturated carbocycles. The molecule has 0 bridgehead atoms. The number of ether oxygens (including phenoxy) is 1. The summed E-state index contributed by atoms with van der Waals surface area (Å²) in [6.45, 7) is 0.252. The summed E-state index contributed by atoms with van der Waals surface area (Å²) in [5, 5.41) is 7.96. The summed E-state index contributed by atoms with van der Waals surface area (Å²) in [6.07, 6.45) is -4.53. The van der Waals surface area contributed by atoms with E-state index in [0.29, 0.717) is 18.5 Å². The van der Waals surface area contributed by atoms with Crippen molar-refractivity contribution in [1.82, 2.24) is 10.6 Å². The molecule has 3 amide bonds. The molecule has 3 rings (SSSR count). The van der Waals surface area contributed by atoms with E-state index >= 15 is 0 Å². The second-order valence-corrected chi connectivity index (χ2v) is 8.79. The third kappa shape index (κ3) is 10.1. The summed E-state index contributed by atoms with van der Waals surface area (Å²) in [7, 11) is 0. The smallest absolute Gasteiger partial charge is 0.416 e. The third-order valence-corrected chi connectivity index (χ3v) is 5.78. The van der Waals surface area contributed by atoms with Crippen LogP contribution in [0.25, 0.3) is 0 Å².